The Morgan fingerprint density at radius 1 is 0.703 bits per heavy atom. The first-order valence-electron chi connectivity index (χ1n) is 8.62. The summed E-state index contributed by atoms with van der Waals surface area (Å²) in [7, 11) is 0. The van der Waals surface area contributed by atoms with Crippen LogP contribution in [0.15, 0.2) is 24.8 Å². The first-order chi connectivity index (χ1) is 16.2. The van der Waals surface area contributed by atoms with Gasteiger partial charge in [0.25, 0.3) is 0 Å². The van der Waals surface area contributed by atoms with Crippen LogP contribution < -0.4 is 0 Å². The van der Waals surface area contributed by atoms with Gasteiger partial charge >= 0.3 is 60.3 Å². The number of hydrogen-bond donors (Lipinski definition) is 0. The molecule has 0 rings (SSSR count). The molecule has 0 amide bonds. The number of halogens is 16. The van der Waals surface area contributed by atoms with Crippen LogP contribution >= 0.6 is 0 Å². The van der Waals surface area contributed by atoms with Crippen molar-refractivity contribution in [3.63, 3.8) is 0 Å². The van der Waals surface area contributed by atoms with Crippen molar-refractivity contribution in [1.82, 2.24) is 0 Å². The van der Waals surface area contributed by atoms with Gasteiger partial charge in [0.15, 0.2) is 13.2 Å². The van der Waals surface area contributed by atoms with Gasteiger partial charge in [-0.2, -0.15) is 52.7 Å². The molecule has 0 saturated heterocycles. The number of carbonyl (C=O) groups is 2. The van der Waals surface area contributed by atoms with E-state index >= 15 is 0 Å². The fourth-order valence-electron chi connectivity index (χ4n) is 1.44. The Balaban J connectivity index is 0. The third-order valence-electron chi connectivity index (χ3n) is 3.60. The minimum absolute atomic E-state index is 0.305. The number of hydrogen-bond acceptors (Lipinski definition) is 4. The minimum Gasteiger partial charge on any atom is -0.456 e. The summed E-state index contributed by atoms with van der Waals surface area (Å²) in [5.74, 6) is -39.8. The fraction of sp³-hybridized carbons (Fsp3) is 0.647. The number of alkyl halides is 16. The fourth-order valence-corrected chi connectivity index (χ4v) is 1.44. The molecular weight excluding hydrogens is 572 g/mol. The summed E-state index contributed by atoms with van der Waals surface area (Å²) in [6, 6.07) is 0. The van der Waals surface area contributed by atoms with Gasteiger partial charge in [0.05, 0.1) is 0 Å². The van der Waals surface area contributed by atoms with Crippen molar-refractivity contribution in [3.8, 4) is 0 Å². The first-order valence-corrected chi connectivity index (χ1v) is 8.62. The Hall–Kier alpha value is -2.70. The van der Waals surface area contributed by atoms with E-state index in [2.05, 4.69) is 22.6 Å². The van der Waals surface area contributed by atoms with Crippen LogP contribution in [0.1, 0.15) is 6.92 Å². The normalized spacial score (nSPS) is 13.6. The molecule has 0 fully saturated rings. The van der Waals surface area contributed by atoms with Crippen LogP contribution in [0.3, 0.4) is 0 Å². The van der Waals surface area contributed by atoms with E-state index in [0.717, 1.165) is 6.92 Å². The second kappa shape index (κ2) is 12.2. The summed E-state index contributed by atoms with van der Waals surface area (Å²) in [6.07, 6.45) is -9.71. The molecule has 4 nitrogen and oxygen atoms in total. The highest BCUT2D eigenvalue weighted by atomic mass is 19.4. The standard InChI is InChI=1S/C9H8F8O2.C8H6F8O2/c1-4(2)5(18)19-3-7(12,13)9(16,17)8(14,15)6(10)11;1-2-4(17)18-3-6(11,12)8(15,16)7(13,14)5(9)10/h6H,1,3H2,2H3;2,5H,1,3H2. The molecule has 218 valence electrons. The van der Waals surface area contributed by atoms with Crippen molar-refractivity contribution in [3.05, 3.63) is 24.8 Å². The molecule has 0 spiro atoms. The van der Waals surface area contributed by atoms with E-state index < -0.39 is 79.1 Å². The topological polar surface area (TPSA) is 52.6 Å². The van der Waals surface area contributed by atoms with E-state index in [1.807, 2.05) is 0 Å². The van der Waals surface area contributed by atoms with Crippen molar-refractivity contribution in [1.29, 1.82) is 0 Å². The molecule has 0 aromatic heterocycles. The monoisotopic (exact) mass is 586 g/mol. The largest absolute Gasteiger partial charge is 0.456 e. The van der Waals surface area contributed by atoms with Gasteiger partial charge in [-0.25, -0.2) is 27.2 Å². The summed E-state index contributed by atoms with van der Waals surface area (Å²) in [5, 5.41) is 0. The van der Waals surface area contributed by atoms with Crippen molar-refractivity contribution in [2.75, 3.05) is 13.2 Å². The average molecular weight is 586 g/mol. The van der Waals surface area contributed by atoms with Crippen molar-refractivity contribution in [2.24, 2.45) is 0 Å². The molecule has 0 unspecified atom stereocenters. The van der Waals surface area contributed by atoms with E-state index in [9.17, 15) is 79.8 Å². The lowest BCUT2D eigenvalue weighted by Gasteiger charge is -2.31. The van der Waals surface area contributed by atoms with Crippen molar-refractivity contribution < 1.29 is 89.3 Å². The smallest absolute Gasteiger partial charge is 0.381 e. The van der Waals surface area contributed by atoms with Crippen LogP contribution in [0.2, 0.25) is 0 Å². The molecular formula is C17H14F16O4. The third-order valence-corrected chi connectivity index (χ3v) is 3.60. The zero-order valence-corrected chi connectivity index (χ0v) is 17.7. The van der Waals surface area contributed by atoms with E-state index in [0.29, 0.717) is 6.08 Å². The van der Waals surface area contributed by atoms with E-state index in [4.69, 9.17) is 0 Å². The first kappa shape index (κ1) is 36.5. The molecule has 0 aliphatic carbocycles. The maximum atomic E-state index is 12.8. The van der Waals surface area contributed by atoms with Gasteiger partial charge in [-0.3, -0.25) is 0 Å². The SMILES string of the molecule is C=C(C)C(=O)OCC(F)(F)C(F)(F)C(F)(F)C(F)F.C=CC(=O)OCC(F)(F)C(F)(F)C(F)(F)C(F)F. The highest BCUT2D eigenvalue weighted by molar-refractivity contribution is 5.86. The van der Waals surface area contributed by atoms with E-state index in [-0.39, 0.29) is 0 Å². The predicted octanol–water partition coefficient (Wildman–Crippen LogP) is 6.16. The molecule has 0 aliphatic heterocycles. The number of carbonyl (C=O) groups excluding carboxylic acids is 2. The molecule has 0 atom stereocenters. The van der Waals surface area contributed by atoms with Crippen LogP contribution in [0.5, 0.6) is 0 Å². The van der Waals surface area contributed by atoms with Gasteiger partial charge in [-0.1, -0.05) is 13.2 Å². The maximum Gasteiger partial charge on any atom is 0.381 e. The molecule has 0 aromatic rings. The summed E-state index contributed by atoms with van der Waals surface area (Å²) >= 11 is 0. The Morgan fingerprint density at radius 3 is 1.24 bits per heavy atom. The Morgan fingerprint density at radius 2 is 1.00 bits per heavy atom. The lowest BCUT2D eigenvalue weighted by atomic mass is 10.1. The highest BCUT2D eigenvalue weighted by Gasteiger charge is 2.76. The van der Waals surface area contributed by atoms with E-state index in [1.54, 1.807) is 0 Å². The second-order valence-corrected chi connectivity index (χ2v) is 6.57. The van der Waals surface area contributed by atoms with Crippen molar-refractivity contribution >= 4 is 11.9 Å². The molecule has 0 aliphatic rings. The Labute approximate surface area is 195 Å². The van der Waals surface area contributed by atoms with Gasteiger partial charge in [0, 0.05) is 11.6 Å². The molecule has 37 heavy (non-hydrogen) atoms. The summed E-state index contributed by atoms with van der Waals surface area (Å²) in [5.41, 5.74) is -0.459. The summed E-state index contributed by atoms with van der Waals surface area (Å²) in [4.78, 5) is 21.0. The number of rotatable bonds is 12. The van der Waals surface area contributed by atoms with Crippen LogP contribution in [0.25, 0.3) is 0 Å². The van der Waals surface area contributed by atoms with Gasteiger partial charge in [-0.15, -0.1) is 0 Å². The highest BCUT2D eigenvalue weighted by Crippen LogP contribution is 2.49. The lowest BCUT2D eigenvalue weighted by molar-refractivity contribution is -0.344. The van der Waals surface area contributed by atoms with Gasteiger partial charge in [-0.05, 0) is 6.92 Å². The third kappa shape index (κ3) is 8.14. The van der Waals surface area contributed by atoms with Gasteiger partial charge in [0.2, 0.25) is 0 Å². The number of esters is 2. The quantitative estimate of drug-likeness (QED) is 0.156. The zero-order chi connectivity index (χ0) is 30.4. The summed E-state index contributed by atoms with van der Waals surface area (Å²) in [6.45, 7) is 1.67. The molecule has 0 bridgehead atoms. The minimum atomic E-state index is -6.39. The second-order valence-electron chi connectivity index (χ2n) is 6.57. The van der Waals surface area contributed by atoms with Crippen molar-refractivity contribution in [2.45, 2.75) is 55.3 Å². The van der Waals surface area contributed by atoms with E-state index in [1.165, 1.54) is 0 Å². The van der Waals surface area contributed by atoms with Gasteiger partial charge in [0.1, 0.15) is 0 Å². The summed E-state index contributed by atoms with van der Waals surface area (Å²) < 4.78 is 204. The molecule has 0 radical (unpaired) electrons. The van der Waals surface area contributed by atoms with Crippen LogP contribution in [-0.4, -0.2) is 73.5 Å². The van der Waals surface area contributed by atoms with Crippen LogP contribution in [0.4, 0.5) is 70.2 Å². The van der Waals surface area contributed by atoms with Gasteiger partial charge < -0.3 is 9.47 Å². The average Bonchev–Trinajstić information content (AvgIpc) is 2.75. The van der Waals surface area contributed by atoms with Crippen LogP contribution in [0, 0.1) is 0 Å². The number of ether oxygens (including phenoxy) is 2. The predicted molar refractivity (Wildman–Crippen MR) is 88.6 cm³/mol. The molecule has 0 saturated carbocycles. The van der Waals surface area contributed by atoms with Crippen LogP contribution in [-0.2, 0) is 19.1 Å². The zero-order valence-electron chi connectivity index (χ0n) is 17.7. The Kier molecular flexibility index (Phi) is 12.0. The Bertz CT molecular complexity index is 822. The molecule has 0 aromatic carbocycles. The molecule has 0 N–H and O–H groups in total. The molecule has 20 heteroatoms. The molecule has 0 heterocycles. The lowest BCUT2D eigenvalue weighted by Crippen LogP contribution is -2.59. The maximum absolute atomic E-state index is 12.8.